The van der Waals surface area contributed by atoms with Crippen molar-refractivity contribution in [2.24, 2.45) is 0 Å². The van der Waals surface area contributed by atoms with Crippen LogP contribution in [-0.2, 0) is 0 Å². The third-order valence-corrected chi connectivity index (χ3v) is 3.40. The lowest BCUT2D eigenvalue weighted by molar-refractivity contribution is -0.385. The molecule has 2 rings (SSSR count). The van der Waals surface area contributed by atoms with E-state index in [4.69, 9.17) is 9.47 Å². The average molecular weight is 329 g/mol. The topological polar surface area (TPSA) is 95.7 Å². The molecule has 0 fully saturated rings. The fraction of sp³-hybridized carbons (Fsp3) is 0.176. The summed E-state index contributed by atoms with van der Waals surface area (Å²) in [5.41, 5.74) is 0.641. The molecule has 0 aliphatic heterocycles. The van der Waals surface area contributed by atoms with Crippen LogP contribution in [0.4, 0.5) is 5.69 Å². The first-order chi connectivity index (χ1) is 11.3. The summed E-state index contributed by atoms with van der Waals surface area (Å²) in [6.45, 7) is 2.89. The summed E-state index contributed by atoms with van der Waals surface area (Å²) >= 11 is 0. The number of ether oxygens (including phenoxy) is 2. The fourth-order valence-corrected chi connectivity index (χ4v) is 2.15. The van der Waals surface area contributed by atoms with Gasteiger partial charge in [-0.25, -0.2) is 4.79 Å². The number of hydrogen-bond donors (Lipinski definition) is 0. The molecule has 0 heterocycles. The maximum absolute atomic E-state index is 12.3. The second kappa shape index (κ2) is 6.91. The summed E-state index contributed by atoms with van der Waals surface area (Å²) in [7, 11) is 1.45. The molecule has 124 valence electrons. The van der Waals surface area contributed by atoms with E-state index in [1.807, 2.05) is 0 Å². The van der Waals surface area contributed by atoms with Gasteiger partial charge in [0.1, 0.15) is 11.5 Å². The Hall–Kier alpha value is -3.22. The maximum atomic E-state index is 12.3. The van der Waals surface area contributed by atoms with Crippen LogP contribution < -0.4 is 9.47 Å². The molecule has 0 aliphatic carbocycles. The first kappa shape index (κ1) is 17.1. The van der Waals surface area contributed by atoms with E-state index in [1.54, 1.807) is 6.07 Å². The van der Waals surface area contributed by atoms with Crippen LogP contribution in [-0.4, -0.2) is 23.8 Å². The van der Waals surface area contributed by atoms with Crippen molar-refractivity contribution < 1.29 is 24.0 Å². The van der Waals surface area contributed by atoms with Crippen LogP contribution in [0.3, 0.4) is 0 Å². The Morgan fingerprint density at radius 2 is 1.83 bits per heavy atom. The Morgan fingerprint density at radius 3 is 2.38 bits per heavy atom. The normalized spacial score (nSPS) is 10.1. The highest BCUT2D eigenvalue weighted by molar-refractivity contribution is 5.99. The number of rotatable bonds is 5. The summed E-state index contributed by atoms with van der Waals surface area (Å²) in [6, 6.07) is 8.44. The van der Waals surface area contributed by atoms with Crippen LogP contribution in [0.5, 0.6) is 11.5 Å². The van der Waals surface area contributed by atoms with Crippen LogP contribution in [0.1, 0.15) is 33.2 Å². The van der Waals surface area contributed by atoms with Crippen molar-refractivity contribution in [2.75, 3.05) is 7.11 Å². The highest BCUT2D eigenvalue weighted by atomic mass is 16.6. The number of ketones is 1. The van der Waals surface area contributed by atoms with Gasteiger partial charge in [0, 0.05) is 17.7 Å². The van der Waals surface area contributed by atoms with Gasteiger partial charge in [-0.05, 0) is 38.1 Å². The third-order valence-electron chi connectivity index (χ3n) is 3.40. The molecule has 2 aromatic carbocycles. The Morgan fingerprint density at radius 1 is 1.12 bits per heavy atom. The summed E-state index contributed by atoms with van der Waals surface area (Å²) in [5.74, 6) is -0.477. The lowest BCUT2D eigenvalue weighted by Crippen LogP contribution is -2.11. The fourth-order valence-electron chi connectivity index (χ4n) is 2.15. The molecule has 2 aromatic rings. The molecule has 7 nitrogen and oxygen atoms in total. The largest absolute Gasteiger partial charge is 0.497 e. The van der Waals surface area contributed by atoms with Gasteiger partial charge in [-0.2, -0.15) is 0 Å². The first-order valence-electron chi connectivity index (χ1n) is 6.99. The first-order valence-corrected chi connectivity index (χ1v) is 6.99. The Balaban J connectivity index is 2.34. The van der Waals surface area contributed by atoms with Gasteiger partial charge in [0.25, 0.3) is 5.69 Å². The van der Waals surface area contributed by atoms with Crippen molar-refractivity contribution in [3.63, 3.8) is 0 Å². The van der Waals surface area contributed by atoms with Crippen molar-refractivity contribution in [1.29, 1.82) is 0 Å². The van der Waals surface area contributed by atoms with Crippen molar-refractivity contribution >= 4 is 17.4 Å². The van der Waals surface area contributed by atoms with Gasteiger partial charge in [0.15, 0.2) is 5.78 Å². The number of methoxy groups -OCH3 is 1. The molecule has 0 spiro atoms. The average Bonchev–Trinajstić information content (AvgIpc) is 2.53. The molecule has 0 saturated carbocycles. The second-order valence-corrected chi connectivity index (χ2v) is 5.07. The summed E-state index contributed by atoms with van der Waals surface area (Å²) in [6.07, 6.45) is 0. The van der Waals surface area contributed by atoms with Crippen LogP contribution in [0, 0.1) is 17.0 Å². The number of Topliss-reactive ketones (excluding diaryl/α,β-unsaturated/α-hetero) is 1. The Kier molecular flexibility index (Phi) is 4.93. The minimum atomic E-state index is -0.719. The minimum Gasteiger partial charge on any atom is -0.497 e. The lowest BCUT2D eigenvalue weighted by Gasteiger charge is -2.10. The maximum Gasteiger partial charge on any atom is 0.343 e. The van der Waals surface area contributed by atoms with Gasteiger partial charge in [0.2, 0.25) is 0 Å². The number of nitrogens with zero attached hydrogens (tertiary/aromatic N) is 1. The highest BCUT2D eigenvalue weighted by Gasteiger charge is 2.18. The van der Waals surface area contributed by atoms with Gasteiger partial charge < -0.3 is 9.47 Å². The van der Waals surface area contributed by atoms with Gasteiger partial charge in [-0.15, -0.1) is 0 Å². The molecule has 0 atom stereocenters. The summed E-state index contributed by atoms with van der Waals surface area (Å²) in [5, 5.41) is 10.8. The van der Waals surface area contributed by atoms with Crippen LogP contribution in [0.25, 0.3) is 0 Å². The molecule has 0 N–H and O–H groups in total. The van der Waals surface area contributed by atoms with Crippen molar-refractivity contribution in [3.05, 3.63) is 63.2 Å². The number of hydrogen-bond acceptors (Lipinski definition) is 6. The van der Waals surface area contributed by atoms with E-state index < -0.39 is 10.9 Å². The molecular weight excluding hydrogens is 314 g/mol. The summed E-state index contributed by atoms with van der Waals surface area (Å²) < 4.78 is 10.3. The number of aryl methyl sites for hydroxylation is 1. The zero-order valence-electron chi connectivity index (χ0n) is 13.4. The molecule has 7 heteroatoms. The molecule has 0 aliphatic rings. The number of nitro benzene ring substituents is 1. The van der Waals surface area contributed by atoms with Crippen LogP contribution in [0.15, 0.2) is 36.4 Å². The van der Waals surface area contributed by atoms with E-state index in [9.17, 15) is 19.7 Å². The van der Waals surface area contributed by atoms with E-state index in [1.165, 1.54) is 51.3 Å². The molecule has 0 amide bonds. The number of benzene rings is 2. The molecule has 0 radical (unpaired) electrons. The minimum absolute atomic E-state index is 0.0721. The van der Waals surface area contributed by atoms with Crippen molar-refractivity contribution in [1.82, 2.24) is 0 Å². The monoisotopic (exact) mass is 329 g/mol. The molecule has 0 saturated heterocycles. The van der Waals surface area contributed by atoms with Crippen molar-refractivity contribution in [2.45, 2.75) is 13.8 Å². The van der Waals surface area contributed by atoms with Gasteiger partial charge in [-0.1, -0.05) is 0 Å². The van der Waals surface area contributed by atoms with E-state index in [2.05, 4.69) is 0 Å². The number of nitro groups is 1. The molecule has 0 bridgehead atoms. The van der Waals surface area contributed by atoms with Crippen LogP contribution >= 0.6 is 0 Å². The zero-order valence-corrected chi connectivity index (χ0v) is 13.4. The standard InChI is InChI=1S/C17H15NO6/c1-10-8-12(4-7-15(10)18(21)22)17(20)24-16-9-13(23-3)5-6-14(16)11(2)19/h4-9H,1-3H3. The van der Waals surface area contributed by atoms with E-state index in [-0.39, 0.29) is 28.3 Å². The molecule has 24 heavy (non-hydrogen) atoms. The third kappa shape index (κ3) is 3.57. The van der Waals surface area contributed by atoms with E-state index in [0.717, 1.165) is 0 Å². The smallest absolute Gasteiger partial charge is 0.343 e. The number of carbonyl (C=O) groups excluding carboxylic acids is 2. The predicted molar refractivity (Wildman–Crippen MR) is 85.8 cm³/mol. The van der Waals surface area contributed by atoms with E-state index in [0.29, 0.717) is 11.3 Å². The molecule has 0 aromatic heterocycles. The predicted octanol–water partition coefficient (Wildman–Crippen LogP) is 3.33. The molecule has 0 unspecified atom stereocenters. The number of carbonyl (C=O) groups is 2. The Labute approximate surface area is 138 Å². The number of esters is 1. The van der Waals surface area contributed by atoms with Gasteiger partial charge in [0.05, 0.1) is 23.2 Å². The SMILES string of the molecule is COc1ccc(C(C)=O)c(OC(=O)c2ccc([N+](=O)[O-])c(C)c2)c1. The highest BCUT2D eigenvalue weighted by Crippen LogP contribution is 2.27. The van der Waals surface area contributed by atoms with Crippen molar-refractivity contribution in [3.8, 4) is 11.5 Å². The van der Waals surface area contributed by atoms with Gasteiger partial charge >= 0.3 is 5.97 Å². The van der Waals surface area contributed by atoms with Crippen LogP contribution in [0.2, 0.25) is 0 Å². The summed E-state index contributed by atoms with van der Waals surface area (Å²) in [4.78, 5) is 34.2. The lowest BCUT2D eigenvalue weighted by atomic mass is 10.1. The van der Waals surface area contributed by atoms with Gasteiger partial charge in [-0.3, -0.25) is 14.9 Å². The quantitative estimate of drug-likeness (QED) is 0.274. The zero-order chi connectivity index (χ0) is 17.9. The van der Waals surface area contributed by atoms with E-state index >= 15 is 0 Å². The Bertz CT molecular complexity index is 828. The molecular formula is C17H15NO6. The second-order valence-electron chi connectivity index (χ2n) is 5.07.